The lowest BCUT2D eigenvalue weighted by Gasteiger charge is -2.47. The Balaban J connectivity index is 2.51. The minimum atomic E-state index is -0.863. The topological polar surface area (TPSA) is 20.2 Å². The minimum absolute atomic E-state index is 0.0425. The Morgan fingerprint density at radius 3 is 2.53 bits per heavy atom. The fourth-order valence-electron chi connectivity index (χ4n) is 3.47. The SMILES string of the molecule is CC(C)(C)C1CCCCC1(O)c1cccc(Cl)c1Cl. The van der Waals surface area contributed by atoms with Gasteiger partial charge in [-0.2, -0.15) is 0 Å². The van der Waals surface area contributed by atoms with E-state index < -0.39 is 5.60 Å². The molecule has 0 aromatic heterocycles. The molecule has 1 saturated carbocycles. The quantitative estimate of drug-likeness (QED) is 0.734. The third-order valence-corrected chi connectivity index (χ3v) is 5.16. The van der Waals surface area contributed by atoms with Gasteiger partial charge in [0.25, 0.3) is 0 Å². The third kappa shape index (κ3) is 2.79. The first-order valence-corrected chi connectivity index (χ1v) is 7.69. The minimum Gasteiger partial charge on any atom is -0.385 e. The first-order valence-electron chi connectivity index (χ1n) is 6.93. The fourth-order valence-corrected chi connectivity index (χ4v) is 3.93. The molecule has 1 aliphatic rings. The van der Waals surface area contributed by atoms with Gasteiger partial charge in [-0.3, -0.25) is 0 Å². The van der Waals surface area contributed by atoms with Crippen LogP contribution in [0.15, 0.2) is 18.2 Å². The lowest BCUT2D eigenvalue weighted by molar-refractivity contribution is -0.0958. The first kappa shape index (κ1) is 15.2. The van der Waals surface area contributed by atoms with Crippen LogP contribution in [0, 0.1) is 11.3 Å². The lowest BCUT2D eigenvalue weighted by atomic mass is 9.61. The molecule has 106 valence electrons. The molecule has 0 spiro atoms. The van der Waals surface area contributed by atoms with Crippen LogP contribution in [0.1, 0.15) is 52.0 Å². The van der Waals surface area contributed by atoms with Crippen LogP contribution in [0.4, 0.5) is 0 Å². The molecule has 0 heterocycles. The summed E-state index contributed by atoms with van der Waals surface area (Å²) in [5.74, 6) is 0.199. The maximum atomic E-state index is 11.3. The van der Waals surface area contributed by atoms with Gasteiger partial charge in [0, 0.05) is 5.56 Å². The Morgan fingerprint density at radius 1 is 1.21 bits per heavy atom. The highest BCUT2D eigenvalue weighted by molar-refractivity contribution is 6.42. The lowest BCUT2D eigenvalue weighted by Crippen LogP contribution is -2.44. The summed E-state index contributed by atoms with van der Waals surface area (Å²) in [4.78, 5) is 0. The monoisotopic (exact) mass is 300 g/mol. The van der Waals surface area contributed by atoms with E-state index in [-0.39, 0.29) is 11.3 Å². The zero-order chi connectivity index (χ0) is 14.3. The van der Waals surface area contributed by atoms with E-state index >= 15 is 0 Å². The molecule has 3 heteroatoms. The summed E-state index contributed by atoms with van der Waals surface area (Å²) in [5.41, 5.74) is -0.0273. The molecule has 2 unspecified atom stereocenters. The molecule has 1 N–H and O–H groups in total. The molecule has 0 aliphatic heterocycles. The Hall–Kier alpha value is -0.240. The number of aliphatic hydroxyl groups is 1. The molecule has 19 heavy (non-hydrogen) atoms. The molecule has 0 bridgehead atoms. The molecular formula is C16H22Cl2O. The van der Waals surface area contributed by atoms with Crippen LogP contribution in [-0.4, -0.2) is 5.11 Å². The van der Waals surface area contributed by atoms with E-state index in [4.69, 9.17) is 23.2 Å². The van der Waals surface area contributed by atoms with Gasteiger partial charge in [-0.1, -0.05) is 68.9 Å². The van der Waals surface area contributed by atoms with Crippen LogP contribution in [0.3, 0.4) is 0 Å². The van der Waals surface area contributed by atoms with E-state index in [9.17, 15) is 5.11 Å². The molecule has 2 atom stereocenters. The fraction of sp³-hybridized carbons (Fsp3) is 0.625. The summed E-state index contributed by atoms with van der Waals surface area (Å²) in [6.45, 7) is 6.56. The van der Waals surface area contributed by atoms with E-state index in [2.05, 4.69) is 20.8 Å². The van der Waals surface area contributed by atoms with E-state index in [1.54, 1.807) is 6.07 Å². The van der Waals surface area contributed by atoms with Gasteiger partial charge in [0.15, 0.2) is 0 Å². The Labute approximate surface area is 125 Å². The molecule has 0 saturated heterocycles. The second kappa shape index (κ2) is 5.27. The van der Waals surface area contributed by atoms with Gasteiger partial charge in [0.2, 0.25) is 0 Å². The molecule has 1 aromatic carbocycles. The van der Waals surface area contributed by atoms with Crippen molar-refractivity contribution in [3.8, 4) is 0 Å². The standard InChI is InChI=1S/C16H22Cl2O/c1-15(2,3)13-9-4-5-10-16(13,19)11-7-6-8-12(17)14(11)18/h6-8,13,19H,4-5,9-10H2,1-3H3. The van der Waals surface area contributed by atoms with Crippen LogP contribution < -0.4 is 0 Å². The highest BCUT2D eigenvalue weighted by Gasteiger charge is 2.46. The van der Waals surface area contributed by atoms with Crippen molar-refractivity contribution >= 4 is 23.2 Å². The zero-order valence-electron chi connectivity index (χ0n) is 11.8. The van der Waals surface area contributed by atoms with Gasteiger partial charge < -0.3 is 5.11 Å². The third-order valence-electron chi connectivity index (χ3n) is 4.34. The van der Waals surface area contributed by atoms with Crippen LogP contribution in [0.2, 0.25) is 10.0 Å². The summed E-state index contributed by atoms with van der Waals surface area (Å²) < 4.78 is 0. The van der Waals surface area contributed by atoms with Crippen LogP contribution in [-0.2, 0) is 5.60 Å². The van der Waals surface area contributed by atoms with Crippen molar-refractivity contribution in [2.24, 2.45) is 11.3 Å². The molecule has 1 fully saturated rings. The van der Waals surface area contributed by atoms with Gasteiger partial charge in [-0.05, 0) is 30.2 Å². The average Bonchev–Trinajstić information content (AvgIpc) is 2.31. The molecule has 1 aromatic rings. The molecule has 1 nitrogen and oxygen atoms in total. The van der Waals surface area contributed by atoms with E-state index in [1.165, 1.54) is 6.42 Å². The van der Waals surface area contributed by atoms with Crippen LogP contribution in [0.5, 0.6) is 0 Å². The van der Waals surface area contributed by atoms with Crippen LogP contribution in [0.25, 0.3) is 0 Å². The smallest absolute Gasteiger partial charge is 0.0944 e. The second-order valence-corrected chi connectivity index (χ2v) is 7.48. The highest BCUT2D eigenvalue weighted by atomic mass is 35.5. The number of halogens is 2. The molecule has 0 radical (unpaired) electrons. The van der Waals surface area contributed by atoms with Crippen molar-refractivity contribution in [3.63, 3.8) is 0 Å². The Bertz CT molecular complexity index is 464. The largest absolute Gasteiger partial charge is 0.385 e. The number of benzene rings is 1. The van der Waals surface area contributed by atoms with Gasteiger partial charge in [0.05, 0.1) is 15.6 Å². The van der Waals surface area contributed by atoms with E-state index in [1.807, 2.05) is 12.1 Å². The normalized spacial score (nSPS) is 28.4. The summed E-state index contributed by atoms with van der Waals surface area (Å²) in [5, 5.41) is 12.3. The maximum absolute atomic E-state index is 11.3. The number of hydrogen-bond donors (Lipinski definition) is 1. The van der Waals surface area contributed by atoms with Gasteiger partial charge in [-0.15, -0.1) is 0 Å². The number of hydrogen-bond acceptors (Lipinski definition) is 1. The van der Waals surface area contributed by atoms with Crippen molar-refractivity contribution in [2.75, 3.05) is 0 Å². The van der Waals surface area contributed by atoms with Crippen molar-refractivity contribution in [1.29, 1.82) is 0 Å². The Morgan fingerprint density at radius 2 is 1.89 bits per heavy atom. The highest BCUT2D eigenvalue weighted by Crippen LogP contribution is 2.51. The van der Waals surface area contributed by atoms with Gasteiger partial charge in [-0.25, -0.2) is 0 Å². The van der Waals surface area contributed by atoms with Gasteiger partial charge >= 0.3 is 0 Å². The predicted molar refractivity (Wildman–Crippen MR) is 81.8 cm³/mol. The zero-order valence-corrected chi connectivity index (χ0v) is 13.4. The summed E-state index contributed by atoms with van der Waals surface area (Å²) in [7, 11) is 0. The molecule has 1 aliphatic carbocycles. The van der Waals surface area contributed by atoms with E-state index in [0.29, 0.717) is 10.0 Å². The summed E-state index contributed by atoms with van der Waals surface area (Å²) >= 11 is 12.5. The molecule has 0 amide bonds. The average molecular weight is 301 g/mol. The first-order chi connectivity index (χ1) is 8.77. The van der Waals surface area contributed by atoms with Crippen molar-refractivity contribution in [3.05, 3.63) is 33.8 Å². The van der Waals surface area contributed by atoms with Crippen LogP contribution >= 0.6 is 23.2 Å². The Kier molecular flexibility index (Phi) is 4.21. The van der Waals surface area contributed by atoms with Crippen molar-refractivity contribution < 1.29 is 5.11 Å². The van der Waals surface area contributed by atoms with Crippen molar-refractivity contribution in [2.45, 2.75) is 52.1 Å². The second-order valence-electron chi connectivity index (χ2n) is 6.69. The van der Waals surface area contributed by atoms with Crippen molar-refractivity contribution in [1.82, 2.24) is 0 Å². The van der Waals surface area contributed by atoms with Gasteiger partial charge in [0.1, 0.15) is 0 Å². The molecule has 2 rings (SSSR count). The predicted octanol–water partition coefficient (Wildman–Crippen LogP) is 5.42. The number of rotatable bonds is 1. The summed E-state index contributed by atoms with van der Waals surface area (Å²) in [6, 6.07) is 5.56. The maximum Gasteiger partial charge on any atom is 0.0944 e. The van der Waals surface area contributed by atoms with E-state index in [0.717, 1.165) is 24.8 Å². The summed E-state index contributed by atoms with van der Waals surface area (Å²) in [6.07, 6.45) is 3.99. The molecular weight excluding hydrogens is 279 g/mol.